The number of imidazole rings is 1. The van der Waals surface area contributed by atoms with Gasteiger partial charge in [-0.05, 0) is 25.7 Å². The molecule has 2 N–H and O–H groups in total. The SMILES string of the molecule is CCCc1nc(C(C)CC)c(C)n1CN. The summed E-state index contributed by atoms with van der Waals surface area (Å²) in [7, 11) is 0. The van der Waals surface area contributed by atoms with E-state index in [1.54, 1.807) is 0 Å². The third kappa shape index (κ3) is 2.40. The molecule has 0 fully saturated rings. The molecule has 0 bridgehead atoms. The standard InChI is InChI=1S/C12H23N3/c1-5-7-11-14-12(9(3)6-2)10(4)15(11)8-13/h9H,5-8,13H2,1-4H3. The molecule has 3 heteroatoms. The lowest BCUT2D eigenvalue weighted by Gasteiger charge is -2.08. The van der Waals surface area contributed by atoms with Crippen molar-refractivity contribution in [3.63, 3.8) is 0 Å². The zero-order valence-corrected chi connectivity index (χ0v) is 10.4. The van der Waals surface area contributed by atoms with Crippen LogP contribution >= 0.6 is 0 Å². The molecule has 1 unspecified atom stereocenters. The van der Waals surface area contributed by atoms with E-state index in [1.165, 1.54) is 11.4 Å². The van der Waals surface area contributed by atoms with Crippen LogP contribution in [0.4, 0.5) is 0 Å². The van der Waals surface area contributed by atoms with Crippen LogP contribution in [0.1, 0.15) is 56.7 Å². The Balaban J connectivity index is 3.08. The predicted octanol–water partition coefficient (Wildman–Crippen LogP) is 2.57. The fraction of sp³-hybridized carbons (Fsp3) is 0.750. The molecule has 0 saturated carbocycles. The van der Waals surface area contributed by atoms with Crippen molar-refractivity contribution in [2.75, 3.05) is 0 Å². The molecule has 0 aromatic carbocycles. The Morgan fingerprint density at radius 2 is 2.07 bits per heavy atom. The van der Waals surface area contributed by atoms with Crippen LogP contribution in [0.5, 0.6) is 0 Å². The third-order valence-electron chi connectivity index (χ3n) is 3.07. The molecule has 15 heavy (non-hydrogen) atoms. The van der Waals surface area contributed by atoms with Gasteiger partial charge in [-0.15, -0.1) is 0 Å². The lowest BCUT2D eigenvalue weighted by molar-refractivity contribution is 0.648. The molecular weight excluding hydrogens is 186 g/mol. The first-order chi connectivity index (χ1) is 7.15. The minimum absolute atomic E-state index is 0.536. The van der Waals surface area contributed by atoms with Gasteiger partial charge in [-0.3, -0.25) is 0 Å². The first-order valence-electron chi connectivity index (χ1n) is 5.91. The Morgan fingerprint density at radius 3 is 2.53 bits per heavy atom. The van der Waals surface area contributed by atoms with Crippen molar-refractivity contribution >= 4 is 0 Å². The van der Waals surface area contributed by atoms with Gasteiger partial charge in [0.15, 0.2) is 0 Å². The Labute approximate surface area is 92.7 Å². The number of nitrogens with zero attached hydrogens (tertiary/aromatic N) is 2. The molecule has 1 rings (SSSR count). The van der Waals surface area contributed by atoms with E-state index < -0.39 is 0 Å². The maximum Gasteiger partial charge on any atom is 0.110 e. The van der Waals surface area contributed by atoms with E-state index in [9.17, 15) is 0 Å². The lowest BCUT2D eigenvalue weighted by Crippen LogP contribution is -2.12. The van der Waals surface area contributed by atoms with E-state index in [1.807, 2.05) is 0 Å². The molecule has 0 radical (unpaired) electrons. The average Bonchev–Trinajstić information content (AvgIpc) is 2.55. The van der Waals surface area contributed by atoms with Gasteiger partial charge in [-0.1, -0.05) is 20.8 Å². The summed E-state index contributed by atoms with van der Waals surface area (Å²) in [5.41, 5.74) is 8.23. The summed E-state index contributed by atoms with van der Waals surface area (Å²) in [6.07, 6.45) is 3.28. The molecule has 0 saturated heterocycles. The lowest BCUT2D eigenvalue weighted by atomic mass is 10.0. The van der Waals surface area contributed by atoms with Gasteiger partial charge in [0.25, 0.3) is 0 Å². The maximum absolute atomic E-state index is 5.76. The fourth-order valence-electron chi connectivity index (χ4n) is 1.93. The van der Waals surface area contributed by atoms with Gasteiger partial charge >= 0.3 is 0 Å². The summed E-state index contributed by atoms with van der Waals surface area (Å²) in [5, 5.41) is 0. The van der Waals surface area contributed by atoms with Crippen LogP contribution in [0.15, 0.2) is 0 Å². The average molecular weight is 209 g/mol. The van der Waals surface area contributed by atoms with Crippen molar-refractivity contribution in [3.05, 3.63) is 17.2 Å². The highest BCUT2D eigenvalue weighted by atomic mass is 15.1. The van der Waals surface area contributed by atoms with Gasteiger partial charge in [0.2, 0.25) is 0 Å². The van der Waals surface area contributed by atoms with Crippen molar-refractivity contribution in [3.8, 4) is 0 Å². The van der Waals surface area contributed by atoms with E-state index in [0.717, 1.165) is 25.1 Å². The van der Waals surface area contributed by atoms with E-state index in [4.69, 9.17) is 10.7 Å². The molecule has 1 atom stereocenters. The van der Waals surface area contributed by atoms with Crippen molar-refractivity contribution in [2.24, 2.45) is 5.73 Å². The van der Waals surface area contributed by atoms with Crippen molar-refractivity contribution < 1.29 is 0 Å². The summed E-state index contributed by atoms with van der Waals surface area (Å²) >= 11 is 0. The molecule has 3 nitrogen and oxygen atoms in total. The van der Waals surface area contributed by atoms with Gasteiger partial charge in [-0.2, -0.15) is 0 Å². The van der Waals surface area contributed by atoms with Crippen molar-refractivity contribution in [2.45, 2.75) is 59.5 Å². The molecule has 0 aliphatic heterocycles. The molecule has 1 aromatic rings. The predicted molar refractivity (Wildman–Crippen MR) is 63.9 cm³/mol. The van der Waals surface area contributed by atoms with Gasteiger partial charge in [0.05, 0.1) is 12.4 Å². The van der Waals surface area contributed by atoms with Crippen LogP contribution in [-0.4, -0.2) is 9.55 Å². The molecule has 0 aliphatic carbocycles. The Bertz CT molecular complexity index is 315. The highest BCUT2D eigenvalue weighted by Crippen LogP contribution is 2.22. The summed E-state index contributed by atoms with van der Waals surface area (Å²) in [4.78, 5) is 4.72. The van der Waals surface area contributed by atoms with Crippen LogP contribution in [0.25, 0.3) is 0 Å². The van der Waals surface area contributed by atoms with Crippen LogP contribution in [0.2, 0.25) is 0 Å². The Morgan fingerprint density at radius 1 is 1.40 bits per heavy atom. The topological polar surface area (TPSA) is 43.8 Å². The molecule has 1 aromatic heterocycles. The van der Waals surface area contributed by atoms with Crippen LogP contribution in [-0.2, 0) is 13.1 Å². The number of hydrogen-bond donors (Lipinski definition) is 1. The largest absolute Gasteiger partial charge is 0.319 e. The summed E-state index contributed by atoms with van der Waals surface area (Å²) in [6, 6.07) is 0. The Kier molecular flexibility index (Phi) is 4.33. The second-order valence-electron chi connectivity index (χ2n) is 4.17. The minimum atomic E-state index is 0.536. The second-order valence-corrected chi connectivity index (χ2v) is 4.17. The molecule has 0 aliphatic rings. The van der Waals surface area contributed by atoms with Crippen molar-refractivity contribution in [1.29, 1.82) is 0 Å². The second kappa shape index (κ2) is 5.31. The molecule has 0 spiro atoms. The zero-order valence-electron chi connectivity index (χ0n) is 10.4. The van der Waals surface area contributed by atoms with E-state index >= 15 is 0 Å². The van der Waals surface area contributed by atoms with Gasteiger partial charge in [0, 0.05) is 12.1 Å². The quantitative estimate of drug-likeness (QED) is 0.810. The molecule has 1 heterocycles. The Hall–Kier alpha value is -0.830. The first-order valence-corrected chi connectivity index (χ1v) is 5.91. The van der Waals surface area contributed by atoms with Crippen LogP contribution < -0.4 is 5.73 Å². The van der Waals surface area contributed by atoms with E-state index in [-0.39, 0.29) is 0 Å². The minimum Gasteiger partial charge on any atom is -0.319 e. The summed E-state index contributed by atoms with van der Waals surface area (Å²) < 4.78 is 2.14. The van der Waals surface area contributed by atoms with Gasteiger partial charge in [-0.25, -0.2) is 4.98 Å². The van der Waals surface area contributed by atoms with Crippen molar-refractivity contribution in [1.82, 2.24) is 9.55 Å². The smallest absolute Gasteiger partial charge is 0.110 e. The van der Waals surface area contributed by atoms with Crippen LogP contribution in [0, 0.1) is 6.92 Å². The molecular formula is C12H23N3. The zero-order chi connectivity index (χ0) is 11.4. The van der Waals surface area contributed by atoms with Gasteiger partial charge < -0.3 is 10.3 Å². The maximum atomic E-state index is 5.76. The van der Waals surface area contributed by atoms with Crippen LogP contribution in [0.3, 0.4) is 0 Å². The highest BCUT2D eigenvalue weighted by Gasteiger charge is 2.15. The number of rotatable bonds is 5. The highest BCUT2D eigenvalue weighted by molar-refractivity contribution is 5.19. The summed E-state index contributed by atoms with van der Waals surface area (Å²) in [5.74, 6) is 1.68. The van der Waals surface area contributed by atoms with E-state index in [2.05, 4.69) is 32.3 Å². The van der Waals surface area contributed by atoms with E-state index in [0.29, 0.717) is 12.6 Å². The third-order valence-corrected chi connectivity index (χ3v) is 3.07. The monoisotopic (exact) mass is 209 g/mol. The normalized spacial score (nSPS) is 13.1. The number of aryl methyl sites for hydroxylation is 1. The molecule has 86 valence electrons. The fourth-order valence-corrected chi connectivity index (χ4v) is 1.93. The number of nitrogens with two attached hydrogens (primary N) is 1. The number of hydrogen-bond acceptors (Lipinski definition) is 2. The summed E-state index contributed by atoms with van der Waals surface area (Å²) in [6.45, 7) is 9.27. The molecule has 0 amide bonds. The number of aromatic nitrogens is 2. The first kappa shape index (κ1) is 12.2. The van der Waals surface area contributed by atoms with Gasteiger partial charge in [0.1, 0.15) is 5.82 Å².